The summed E-state index contributed by atoms with van der Waals surface area (Å²) in [7, 11) is 0. The molecule has 0 aromatic rings. The summed E-state index contributed by atoms with van der Waals surface area (Å²) in [6, 6.07) is 0. The van der Waals surface area contributed by atoms with Crippen molar-refractivity contribution < 1.29 is 13.2 Å². The van der Waals surface area contributed by atoms with Gasteiger partial charge in [-0.1, -0.05) is 13.3 Å². The zero-order chi connectivity index (χ0) is 8.20. The summed E-state index contributed by atoms with van der Waals surface area (Å²) in [6.45, 7) is 1.71. The second-order valence-electron chi connectivity index (χ2n) is 2.25. The topological polar surface area (TPSA) is 0 Å². The second kappa shape index (κ2) is 4.06. The van der Waals surface area contributed by atoms with E-state index in [1.165, 1.54) is 0 Å². The molecule has 0 nitrogen and oxygen atoms in total. The Kier molecular flexibility index (Phi) is 4.09. The van der Waals surface area contributed by atoms with Gasteiger partial charge in [0.05, 0.1) is 0 Å². The van der Waals surface area contributed by atoms with Gasteiger partial charge in [0.25, 0.3) is 0 Å². The Morgan fingerprint density at radius 2 is 1.90 bits per heavy atom. The van der Waals surface area contributed by atoms with Crippen molar-refractivity contribution in [3.05, 3.63) is 0 Å². The number of halogens is 4. The molecule has 1 unspecified atom stereocenters. The van der Waals surface area contributed by atoms with Crippen LogP contribution in [0.4, 0.5) is 13.2 Å². The maximum Gasteiger partial charge on any atom is 0.389 e. The van der Waals surface area contributed by atoms with Crippen molar-refractivity contribution in [1.29, 1.82) is 0 Å². The molecule has 0 aliphatic carbocycles. The fourth-order valence-corrected chi connectivity index (χ4v) is 0.963. The molecule has 0 bridgehead atoms. The molecule has 0 rings (SSSR count). The lowest BCUT2D eigenvalue weighted by molar-refractivity contribution is -0.143. The highest BCUT2D eigenvalue weighted by Crippen LogP contribution is 2.26. The van der Waals surface area contributed by atoms with Gasteiger partial charge in [-0.25, -0.2) is 0 Å². The lowest BCUT2D eigenvalue weighted by atomic mass is 10.1. The standard InChI is InChI=1S/C6H10ClF3/c1-2-5(4-7)3-6(8,9)10/h5H,2-4H2,1H3. The Hall–Kier alpha value is 0.0800. The highest BCUT2D eigenvalue weighted by molar-refractivity contribution is 6.18. The minimum Gasteiger partial charge on any atom is -0.171 e. The number of hydrogen-bond donors (Lipinski definition) is 0. The molecule has 10 heavy (non-hydrogen) atoms. The molecule has 0 aliphatic rings. The highest BCUT2D eigenvalue weighted by atomic mass is 35.5. The van der Waals surface area contributed by atoms with E-state index < -0.39 is 18.5 Å². The quantitative estimate of drug-likeness (QED) is 0.577. The van der Waals surface area contributed by atoms with E-state index >= 15 is 0 Å². The van der Waals surface area contributed by atoms with E-state index in [-0.39, 0.29) is 5.88 Å². The second-order valence-corrected chi connectivity index (χ2v) is 2.56. The van der Waals surface area contributed by atoms with Crippen LogP contribution in [0.25, 0.3) is 0 Å². The minimum absolute atomic E-state index is 0.0933. The smallest absolute Gasteiger partial charge is 0.171 e. The van der Waals surface area contributed by atoms with Crippen LogP contribution in [-0.2, 0) is 0 Å². The molecule has 0 amide bonds. The van der Waals surface area contributed by atoms with E-state index in [1.807, 2.05) is 0 Å². The molecule has 0 aromatic carbocycles. The predicted molar refractivity (Wildman–Crippen MR) is 35.2 cm³/mol. The highest BCUT2D eigenvalue weighted by Gasteiger charge is 2.30. The first kappa shape index (κ1) is 10.1. The normalized spacial score (nSPS) is 15.3. The van der Waals surface area contributed by atoms with Gasteiger partial charge in [0, 0.05) is 12.3 Å². The van der Waals surface area contributed by atoms with Gasteiger partial charge < -0.3 is 0 Å². The van der Waals surface area contributed by atoms with Crippen molar-refractivity contribution in [3.8, 4) is 0 Å². The van der Waals surface area contributed by atoms with Crippen LogP contribution in [-0.4, -0.2) is 12.1 Å². The fourth-order valence-electron chi connectivity index (χ4n) is 0.635. The van der Waals surface area contributed by atoms with Gasteiger partial charge in [-0.2, -0.15) is 13.2 Å². The molecule has 1 atom stereocenters. The van der Waals surface area contributed by atoms with E-state index in [0.29, 0.717) is 6.42 Å². The van der Waals surface area contributed by atoms with Crippen LogP contribution < -0.4 is 0 Å². The first-order valence-electron chi connectivity index (χ1n) is 3.12. The van der Waals surface area contributed by atoms with Crippen molar-refractivity contribution >= 4 is 11.6 Å². The van der Waals surface area contributed by atoms with E-state index in [1.54, 1.807) is 6.92 Å². The summed E-state index contributed by atoms with van der Waals surface area (Å²) in [5, 5.41) is 0. The molecule has 0 aliphatic heterocycles. The molecule has 0 saturated carbocycles. The monoisotopic (exact) mass is 174 g/mol. The maximum absolute atomic E-state index is 11.6. The van der Waals surface area contributed by atoms with Gasteiger partial charge in [-0.3, -0.25) is 0 Å². The van der Waals surface area contributed by atoms with E-state index in [4.69, 9.17) is 11.6 Å². The molecule has 0 saturated heterocycles. The predicted octanol–water partition coefficient (Wildman–Crippen LogP) is 3.20. The number of alkyl halides is 4. The van der Waals surface area contributed by atoms with E-state index in [0.717, 1.165) is 0 Å². The minimum atomic E-state index is -4.06. The Bertz CT molecular complexity index is 85.5. The van der Waals surface area contributed by atoms with Gasteiger partial charge in [0.1, 0.15) is 0 Å². The molecule has 0 spiro atoms. The number of rotatable bonds is 3. The Labute approximate surface area is 63.4 Å². The van der Waals surface area contributed by atoms with Crippen LogP contribution in [0.2, 0.25) is 0 Å². The van der Waals surface area contributed by atoms with E-state index in [9.17, 15) is 13.2 Å². The van der Waals surface area contributed by atoms with Crippen LogP contribution in [0, 0.1) is 5.92 Å². The summed E-state index contributed by atoms with van der Waals surface area (Å²) >= 11 is 5.27. The van der Waals surface area contributed by atoms with E-state index in [2.05, 4.69) is 0 Å². The summed E-state index contributed by atoms with van der Waals surface area (Å²) in [6.07, 6.45) is -4.33. The van der Waals surface area contributed by atoms with Gasteiger partial charge in [0.15, 0.2) is 0 Å². The number of hydrogen-bond acceptors (Lipinski definition) is 0. The molecular formula is C6H10ClF3. The van der Waals surface area contributed by atoms with Crippen molar-refractivity contribution in [1.82, 2.24) is 0 Å². The largest absolute Gasteiger partial charge is 0.389 e. The Morgan fingerprint density at radius 1 is 1.40 bits per heavy atom. The fraction of sp³-hybridized carbons (Fsp3) is 1.00. The van der Waals surface area contributed by atoms with Gasteiger partial charge in [-0.15, -0.1) is 11.6 Å². The zero-order valence-corrected chi connectivity index (χ0v) is 6.47. The van der Waals surface area contributed by atoms with Crippen LogP contribution in [0.5, 0.6) is 0 Å². The first-order valence-corrected chi connectivity index (χ1v) is 3.65. The molecule has 62 valence electrons. The molecule has 0 radical (unpaired) electrons. The lowest BCUT2D eigenvalue weighted by Crippen LogP contribution is -2.15. The van der Waals surface area contributed by atoms with Crippen LogP contribution in [0.15, 0.2) is 0 Å². The molecule has 0 fully saturated rings. The Balaban J connectivity index is 3.63. The van der Waals surface area contributed by atoms with Crippen LogP contribution in [0.3, 0.4) is 0 Å². The molecular weight excluding hydrogens is 165 g/mol. The Morgan fingerprint density at radius 3 is 2.00 bits per heavy atom. The van der Waals surface area contributed by atoms with Gasteiger partial charge in [0.2, 0.25) is 0 Å². The maximum atomic E-state index is 11.6. The van der Waals surface area contributed by atoms with Crippen LogP contribution in [0.1, 0.15) is 19.8 Å². The summed E-state index contributed by atoms with van der Waals surface area (Å²) < 4.78 is 34.9. The molecule has 0 heterocycles. The average molecular weight is 175 g/mol. The molecule has 4 heteroatoms. The van der Waals surface area contributed by atoms with Crippen molar-refractivity contribution in [3.63, 3.8) is 0 Å². The third kappa shape index (κ3) is 4.91. The lowest BCUT2D eigenvalue weighted by Gasteiger charge is -2.12. The molecule has 0 aromatic heterocycles. The summed E-state index contributed by atoms with van der Waals surface area (Å²) in [5.74, 6) is -0.322. The van der Waals surface area contributed by atoms with Crippen LogP contribution >= 0.6 is 11.6 Å². The van der Waals surface area contributed by atoms with Crippen molar-refractivity contribution in [2.75, 3.05) is 5.88 Å². The van der Waals surface area contributed by atoms with Crippen molar-refractivity contribution in [2.24, 2.45) is 5.92 Å². The third-order valence-electron chi connectivity index (χ3n) is 1.32. The van der Waals surface area contributed by atoms with Gasteiger partial charge >= 0.3 is 6.18 Å². The average Bonchev–Trinajstić information content (AvgIpc) is 1.81. The summed E-state index contributed by atoms with van der Waals surface area (Å²) in [5.41, 5.74) is 0. The SMILES string of the molecule is CCC(CCl)CC(F)(F)F. The molecule has 0 N–H and O–H groups in total. The van der Waals surface area contributed by atoms with Crippen molar-refractivity contribution in [2.45, 2.75) is 25.9 Å². The van der Waals surface area contributed by atoms with Gasteiger partial charge in [-0.05, 0) is 5.92 Å². The summed E-state index contributed by atoms with van der Waals surface area (Å²) in [4.78, 5) is 0. The zero-order valence-electron chi connectivity index (χ0n) is 5.71. The first-order chi connectivity index (χ1) is 4.49. The third-order valence-corrected chi connectivity index (χ3v) is 1.75.